The number of aromatic nitrogens is 3. The number of fused-ring (bicyclic) bond motifs is 1. The molecule has 2 aliphatic heterocycles. The predicted octanol–water partition coefficient (Wildman–Crippen LogP) is 11.0. The molecule has 2 aromatic heterocycles. The fourth-order valence-electron chi connectivity index (χ4n) is 9.40. The van der Waals surface area contributed by atoms with Crippen LogP contribution in [0.4, 0.5) is 0 Å². The molecule has 3 aromatic carbocycles. The van der Waals surface area contributed by atoms with Crippen LogP contribution in [0.15, 0.2) is 108 Å². The minimum absolute atomic E-state index is 0.221. The van der Waals surface area contributed by atoms with Crippen molar-refractivity contribution in [1.82, 2.24) is 19.6 Å². The van der Waals surface area contributed by atoms with Gasteiger partial charge in [-0.15, -0.1) is 5.10 Å². The number of amidine groups is 1. The second kappa shape index (κ2) is 17.1. The second-order valence-electron chi connectivity index (χ2n) is 18.5. The van der Waals surface area contributed by atoms with Gasteiger partial charge in [-0.05, 0) is 106 Å². The van der Waals surface area contributed by atoms with Crippen LogP contribution in [0.2, 0.25) is 0 Å². The maximum atomic E-state index is 7.16. The Morgan fingerprint density at radius 2 is 1.54 bits per heavy atom. The predicted molar refractivity (Wildman–Crippen MR) is 243 cm³/mol. The smallest absolute Gasteiger partial charge is 0.399 e. The van der Waals surface area contributed by atoms with Crippen LogP contribution in [-0.4, -0.2) is 49.8 Å². The second-order valence-corrected chi connectivity index (χ2v) is 18.5. The third-order valence-electron chi connectivity index (χ3n) is 13.8. The van der Waals surface area contributed by atoms with Gasteiger partial charge in [0.2, 0.25) is 0 Å². The number of pyridine rings is 1. The van der Waals surface area contributed by atoms with E-state index in [4.69, 9.17) is 30.2 Å². The highest BCUT2D eigenvalue weighted by Crippen LogP contribution is 2.42. The molecule has 308 valence electrons. The van der Waals surface area contributed by atoms with Gasteiger partial charge in [-0.2, -0.15) is 5.10 Å². The van der Waals surface area contributed by atoms with Crippen LogP contribution in [0.25, 0.3) is 39.3 Å². The molecule has 5 aromatic rings. The third kappa shape index (κ3) is 8.65. The Labute approximate surface area is 352 Å². The van der Waals surface area contributed by atoms with Gasteiger partial charge >= 0.3 is 7.12 Å². The summed E-state index contributed by atoms with van der Waals surface area (Å²) in [5.41, 5.74) is 15.2. The molecule has 2 N–H and O–H groups in total. The summed E-state index contributed by atoms with van der Waals surface area (Å²) in [4.78, 5) is 5.24. The molecule has 1 saturated carbocycles. The molecule has 4 heterocycles. The SMILES string of the molecule is CCCCCC(C)C1CC(C2CCCCC2)=CN(/N=C(\N)c2cc(B3OC(C)(C)C(C)(C)O3)cc(-c3nc4c(-c5ccccc5)cc(-c5ccccc5)cn4n3)c2)C1C. The highest BCUT2D eigenvalue weighted by molar-refractivity contribution is 6.62. The van der Waals surface area contributed by atoms with Crippen LogP contribution in [0.1, 0.15) is 118 Å². The van der Waals surface area contributed by atoms with Gasteiger partial charge in [-0.25, -0.2) is 9.50 Å². The van der Waals surface area contributed by atoms with Crippen molar-refractivity contribution < 1.29 is 9.31 Å². The first-order valence-electron chi connectivity index (χ1n) is 22.3. The molecule has 3 aliphatic rings. The van der Waals surface area contributed by atoms with Crippen LogP contribution in [0.3, 0.4) is 0 Å². The number of rotatable bonds is 12. The standard InChI is InChI=1S/C50H63BN6O2/c1-8-9-13-20-34(2)44-30-41(36-21-14-10-15-22-36)32-56(35(44)3)54-46(52)39-27-40(29-43(28-39)51-58-49(4,5)50(6,7)59-51)47-53-48-45(38-25-18-12-19-26-38)31-42(33-57(48)55-47)37-23-16-11-17-24-37/h11-12,16-19,23-29,31-36,44H,8-10,13-15,20-22,30H2,1-7H3,(H2,52,54). The zero-order valence-corrected chi connectivity index (χ0v) is 36.3. The average Bonchev–Trinajstić information content (AvgIpc) is 3.78. The van der Waals surface area contributed by atoms with Crippen molar-refractivity contribution in [2.24, 2.45) is 28.6 Å². The van der Waals surface area contributed by atoms with E-state index in [-0.39, 0.29) is 6.04 Å². The van der Waals surface area contributed by atoms with E-state index in [9.17, 15) is 0 Å². The van der Waals surface area contributed by atoms with Gasteiger partial charge in [0.15, 0.2) is 17.3 Å². The van der Waals surface area contributed by atoms with Gasteiger partial charge in [-0.1, -0.05) is 132 Å². The van der Waals surface area contributed by atoms with Gasteiger partial charge in [0, 0.05) is 34.7 Å². The summed E-state index contributed by atoms with van der Waals surface area (Å²) >= 11 is 0. The molecule has 59 heavy (non-hydrogen) atoms. The lowest BCUT2D eigenvalue weighted by Crippen LogP contribution is -2.41. The summed E-state index contributed by atoms with van der Waals surface area (Å²) in [5, 5.41) is 12.6. The van der Waals surface area contributed by atoms with Crippen LogP contribution < -0.4 is 11.2 Å². The van der Waals surface area contributed by atoms with Crippen molar-refractivity contribution in [3.63, 3.8) is 0 Å². The number of hydrazone groups is 1. The van der Waals surface area contributed by atoms with Gasteiger partial charge in [-0.3, -0.25) is 5.01 Å². The lowest BCUT2D eigenvalue weighted by Gasteiger charge is -2.42. The fraction of sp³-hybridized carbons (Fsp3) is 0.460. The number of unbranched alkanes of at least 4 members (excludes halogenated alkanes) is 2. The van der Waals surface area contributed by atoms with E-state index >= 15 is 0 Å². The topological polar surface area (TPSA) is 90.3 Å². The first kappa shape index (κ1) is 41.0. The number of nitrogens with zero attached hydrogens (tertiary/aromatic N) is 5. The van der Waals surface area contributed by atoms with Crippen LogP contribution >= 0.6 is 0 Å². The summed E-state index contributed by atoms with van der Waals surface area (Å²) in [6.45, 7) is 15.4. The Balaban J connectivity index is 1.23. The molecule has 9 heteroatoms. The third-order valence-corrected chi connectivity index (χ3v) is 13.8. The Morgan fingerprint density at radius 3 is 2.22 bits per heavy atom. The van der Waals surface area contributed by atoms with Crippen molar-refractivity contribution in [1.29, 1.82) is 0 Å². The van der Waals surface area contributed by atoms with E-state index < -0.39 is 18.3 Å². The van der Waals surface area contributed by atoms with Crippen molar-refractivity contribution in [3.05, 3.63) is 108 Å². The molecular weight excluding hydrogens is 727 g/mol. The van der Waals surface area contributed by atoms with Crippen LogP contribution in [-0.2, 0) is 9.31 Å². The minimum atomic E-state index is -0.604. The number of nitrogens with two attached hydrogens (primary N) is 1. The lowest BCUT2D eigenvalue weighted by atomic mass is 9.73. The van der Waals surface area contributed by atoms with Crippen molar-refractivity contribution in [2.75, 3.05) is 0 Å². The summed E-state index contributed by atoms with van der Waals surface area (Å²) in [6, 6.07) is 29.5. The van der Waals surface area contributed by atoms with Crippen LogP contribution in [0.5, 0.6) is 0 Å². The van der Waals surface area contributed by atoms with Crippen molar-refractivity contribution in [2.45, 2.75) is 130 Å². The molecule has 1 saturated heterocycles. The maximum absolute atomic E-state index is 7.16. The van der Waals surface area contributed by atoms with E-state index in [0.29, 0.717) is 29.4 Å². The summed E-state index contributed by atoms with van der Waals surface area (Å²) in [6.07, 6.45) is 17.1. The highest BCUT2D eigenvalue weighted by atomic mass is 16.7. The Bertz CT molecular complexity index is 2280. The average molecular weight is 791 g/mol. The Kier molecular flexibility index (Phi) is 11.9. The Hall–Kier alpha value is -4.73. The van der Waals surface area contributed by atoms with Gasteiger partial charge < -0.3 is 15.0 Å². The minimum Gasteiger partial charge on any atom is -0.399 e. The molecule has 8 rings (SSSR count). The number of hydrogen-bond donors (Lipinski definition) is 1. The van der Waals surface area contributed by atoms with Gasteiger partial charge in [0.1, 0.15) is 0 Å². The molecule has 2 fully saturated rings. The fourth-order valence-corrected chi connectivity index (χ4v) is 9.40. The van der Waals surface area contributed by atoms with E-state index in [1.54, 1.807) is 5.57 Å². The van der Waals surface area contributed by atoms with Gasteiger partial charge in [0.05, 0.1) is 17.2 Å². The Morgan fingerprint density at radius 1 is 0.864 bits per heavy atom. The molecule has 0 radical (unpaired) electrons. The summed E-state index contributed by atoms with van der Waals surface area (Å²) in [5.74, 6) is 2.79. The van der Waals surface area contributed by atoms with E-state index in [1.807, 2.05) is 16.6 Å². The highest BCUT2D eigenvalue weighted by Gasteiger charge is 2.52. The number of hydrogen-bond acceptors (Lipinski definition) is 6. The summed E-state index contributed by atoms with van der Waals surface area (Å²) < 4.78 is 15.2. The zero-order valence-electron chi connectivity index (χ0n) is 36.3. The van der Waals surface area contributed by atoms with E-state index in [2.05, 4.69) is 139 Å². The normalized spacial score (nSPS) is 21.5. The molecule has 3 atom stereocenters. The first-order valence-corrected chi connectivity index (χ1v) is 22.3. The van der Waals surface area contributed by atoms with E-state index in [1.165, 1.54) is 57.8 Å². The number of benzene rings is 3. The zero-order chi connectivity index (χ0) is 41.3. The quantitative estimate of drug-likeness (QED) is 0.0586. The maximum Gasteiger partial charge on any atom is 0.494 e. The van der Waals surface area contributed by atoms with Crippen molar-refractivity contribution >= 4 is 24.1 Å². The molecule has 0 spiro atoms. The first-order chi connectivity index (χ1) is 28.4. The van der Waals surface area contributed by atoms with Gasteiger partial charge in [0.25, 0.3) is 0 Å². The van der Waals surface area contributed by atoms with E-state index in [0.717, 1.165) is 50.9 Å². The summed E-state index contributed by atoms with van der Waals surface area (Å²) in [7, 11) is -0.604. The molecule has 3 unspecified atom stereocenters. The van der Waals surface area contributed by atoms with Crippen LogP contribution in [0, 0.1) is 17.8 Å². The number of allylic oxidation sites excluding steroid dienone is 1. The monoisotopic (exact) mass is 791 g/mol. The lowest BCUT2D eigenvalue weighted by molar-refractivity contribution is 0.00578. The largest absolute Gasteiger partial charge is 0.494 e. The van der Waals surface area contributed by atoms with Crippen molar-refractivity contribution in [3.8, 4) is 33.6 Å². The molecular formula is C50H63BN6O2. The molecule has 1 aliphatic carbocycles. The molecule has 8 nitrogen and oxygen atoms in total. The molecule has 0 bridgehead atoms. The molecule has 0 amide bonds.